The molecule has 0 aromatic carbocycles. The van der Waals surface area contributed by atoms with Gasteiger partial charge in [0.15, 0.2) is 6.10 Å². The fourth-order valence-corrected chi connectivity index (χ4v) is 9.02. The Bertz CT molecular complexity index is 1160. The second-order valence-corrected chi connectivity index (χ2v) is 20.6. The molecule has 0 saturated heterocycles. The van der Waals surface area contributed by atoms with Gasteiger partial charge in [0.25, 0.3) is 0 Å². The van der Waals surface area contributed by atoms with Crippen LogP contribution in [0.5, 0.6) is 0 Å². The number of esters is 3. The maximum absolute atomic E-state index is 12.9. The molecule has 0 amide bonds. The SMILES string of the molecule is CCCCCC/C=C\CCCCCCCCCC(=O)OCC(COC(=O)CCCCCCC/C=C\C=C/CCCCCCCCC)OC(=O)CCCCCCCCCCCCCCCCCCCC. The van der Waals surface area contributed by atoms with Crippen molar-refractivity contribution in [2.75, 3.05) is 13.2 Å². The van der Waals surface area contributed by atoms with Gasteiger partial charge in [0, 0.05) is 19.3 Å². The van der Waals surface area contributed by atoms with Gasteiger partial charge in [-0.2, -0.15) is 0 Å². The van der Waals surface area contributed by atoms with Crippen LogP contribution < -0.4 is 0 Å². The Morgan fingerprint density at radius 2 is 0.522 bits per heavy atom. The number of ether oxygens (including phenoxy) is 3. The van der Waals surface area contributed by atoms with E-state index in [0.717, 1.165) is 77.0 Å². The summed E-state index contributed by atoms with van der Waals surface area (Å²) in [5.74, 6) is -0.874. The Balaban J connectivity index is 4.36. The molecule has 69 heavy (non-hydrogen) atoms. The molecule has 0 bridgehead atoms. The van der Waals surface area contributed by atoms with E-state index in [1.807, 2.05) is 0 Å². The number of carbonyl (C=O) groups is 3. The van der Waals surface area contributed by atoms with E-state index in [1.165, 1.54) is 212 Å². The number of allylic oxidation sites excluding steroid dienone is 6. The first-order valence-electron chi connectivity index (χ1n) is 30.5. The molecule has 0 aromatic heterocycles. The molecule has 1 unspecified atom stereocenters. The van der Waals surface area contributed by atoms with Gasteiger partial charge >= 0.3 is 17.9 Å². The molecule has 0 fully saturated rings. The lowest BCUT2D eigenvalue weighted by molar-refractivity contribution is -0.167. The molecule has 1 atom stereocenters. The van der Waals surface area contributed by atoms with Crippen LogP contribution in [0.25, 0.3) is 0 Å². The molecule has 6 heteroatoms. The van der Waals surface area contributed by atoms with Gasteiger partial charge in [0.05, 0.1) is 0 Å². The molecule has 0 aliphatic carbocycles. The van der Waals surface area contributed by atoms with E-state index in [2.05, 4.69) is 57.2 Å². The van der Waals surface area contributed by atoms with Crippen molar-refractivity contribution < 1.29 is 28.6 Å². The smallest absolute Gasteiger partial charge is 0.306 e. The first-order chi connectivity index (χ1) is 34.0. The second-order valence-electron chi connectivity index (χ2n) is 20.6. The summed E-state index contributed by atoms with van der Waals surface area (Å²) in [6.07, 6.45) is 69.9. The van der Waals surface area contributed by atoms with E-state index in [0.29, 0.717) is 19.3 Å². The van der Waals surface area contributed by atoms with E-state index < -0.39 is 6.10 Å². The molecule has 6 nitrogen and oxygen atoms in total. The van der Waals surface area contributed by atoms with Gasteiger partial charge in [-0.15, -0.1) is 0 Å². The first kappa shape index (κ1) is 66.6. The Hall–Kier alpha value is -2.37. The van der Waals surface area contributed by atoms with E-state index in [4.69, 9.17) is 14.2 Å². The standard InChI is InChI=1S/C63H116O6/c1-4-7-10-13-16-19-22-25-28-30-32-35-38-41-44-47-50-53-56-62(65)68-59-60(58-67-61(64)55-52-49-46-43-40-37-34-27-24-21-18-15-12-9-6-3)69-63(66)57-54-51-48-45-42-39-36-33-31-29-26-23-20-17-14-11-8-5-2/h21,24,28,30,32,35,60H,4-20,22-23,25-27,29,31,33-34,36-59H2,1-3H3/b24-21-,30-28-,35-32-. The molecular weight excluding hydrogens is 853 g/mol. The number of rotatable bonds is 56. The minimum atomic E-state index is -0.778. The van der Waals surface area contributed by atoms with E-state index >= 15 is 0 Å². The largest absolute Gasteiger partial charge is 0.462 e. The third-order valence-electron chi connectivity index (χ3n) is 13.6. The second kappa shape index (κ2) is 58.2. The maximum Gasteiger partial charge on any atom is 0.306 e. The average molecular weight is 970 g/mol. The highest BCUT2D eigenvalue weighted by Gasteiger charge is 2.19. The average Bonchev–Trinajstić information content (AvgIpc) is 3.35. The summed E-state index contributed by atoms with van der Waals surface area (Å²) in [5, 5.41) is 0. The van der Waals surface area contributed by atoms with Gasteiger partial charge in [-0.1, -0.05) is 276 Å². The summed E-state index contributed by atoms with van der Waals surface area (Å²) in [4.78, 5) is 38.2. The number of hydrogen-bond acceptors (Lipinski definition) is 6. The van der Waals surface area contributed by atoms with Crippen LogP contribution in [0.15, 0.2) is 36.5 Å². The van der Waals surface area contributed by atoms with E-state index in [9.17, 15) is 14.4 Å². The lowest BCUT2D eigenvalue weighted by atomic mass is 10.0. The molecular formula is C63H116O6. The highest BCUT2D eigenvalue weighted by Crippen LogP contribution is 2.17. The predicted molar refractivity (Wildman–Crippen MR) is 298 cm³/mol. The van der Waals surface area contributed by atoms with Crippen molar-refractivity contribution in [1.29, 1.82) is 0 Å². The fraction of sp³-hybridized carbons (Fsp3) is 0.857. The van der Waals surface area contributed by atoms with Crippen molar-refractivity contribution in [2.45, 2.75) is 335 Å². The van der Waals surface area contributed by atoms with Gasteiger partial charge in [0.2, 0.25) is 0 Å². The third-order valence-corrected chi connectivity index (χ3v) is 13.6. The highest BCUT2D eigenvalue weighted by molar-refractivity contribution is 5.71. The number of hydrogen-bond donors (Lipinski definition) is 0. The monoisotopic (exact) mass is 969 g/mol. The Kier molecular flexibility index (Phi) is 56.2. The summed E-state index contributed by atoms with van der Waals surface area (Å²) in [7, 11) is 0. The summed E-state index contributed by atoms with van der Waals surface area (Å²) < 4.78 is 16.9. The predicted octanol–water partition coefficient (Wildman–Crippen LogP) is 20.4. The van der Waals surface area contributed by atoms with Gasteiger partial charge in [-0.25, -0.2) is 0 Å². The Labute approximate surface area is 429 Å². The van der Waals surface area contributed by atoms with E-state index in [1.54, 1.807) is 0 Å². The fourth-order valence-electron chi connectivity index (χ4n) is 9.02. The normalized spacial score (nSPS) is 12.2. The van der Waals surface area contributed by atoms with Gasteiger partial charge in [0.1, 0.15) is 13.2 Å². The quantitative estimate of drug-likeness (QED) is 0.0199. The minimum Gasteiger partial charge on any atom is -0.462 e. The third kappa shape index (κ3) is 56.4. The molecule has 0 radical (unpaired) electrons. The van der Waals surface area contributed by atoms with Crippen LogP contribution in [0, 0.1) is 0 Å². The molecule has 0 aromatic rings. The first-order valence-corrected chi connectivity index (χ1v) is 30.5. The molecule has 404 valence electrons. The topological polar surface area (TPSA) is 78.9 Å². The van der Waals surface area contributed by atoms with Crippen molar-refractivity contribution in [3.05, 3.63) is 36.5 Å². The molecule has 0 heterocycles. The van der Waals surface area contributed by atoms with Crippen LogP contribution in [0.2, 0.25) is 0 Å². The molecule has 0 rings (SSSR count). The van der Waals surface area contributed by atoms with Crippen molar-refractivity contribution >= 4 is 17.9 Å². The summed E-state index contributed by atoms with van der Waals surface area (Å²) >= 11 is 0. The van der Waals surface area contributed by atoms with Gasteiger partial charge < -0.3 is 14.2 Å². The van der Waals surface area contributed by atoms with Crippen molar-refractivity contribution in [3.63, 3.8) is 0 Å². The summed E-state index contributed by atoms with van der Waals surface area (Å²) in [6, 6.07) is 0. The summed E-state index contributed by atoms with van der Waals surface area (Å²) in [6.45, 7) is 6.66. The zero-order valence-electron chi connectivity index (χ0n) is 46.3. The van der Waals surface area contributed by atoms with Crippen LogP contribution in [0.1, 0.15) is 329 Å². The van der Waals surface area contributed by atoms with Crippen LogP contribution in [-0.2, 0) is 28.6 Å². The van der Waals surface area contributed by atoms with Crippen LogP contribution in [0.3, 0.4) is 0 Å². The van der Waals surface area contributed by atoms with Crippen LogP contribution in [-0.4, -0.2) is 37.2 Å². The van der Waals surface area contributed by atoms with E-state index in [-0.39, 0.29) is 31.1 Å². The maximum atomic E-state index is 12.9. The molecule has 0 spiro atoms. The van der Waals surface area contributed by atoms with Gasteiger partial charge in [-0.05, 0) is 70.6 Å². The van der Waals surface area contributed by atoms with Crippen molar-refractivity contribution in [1.82, 2.24) is 0 Å². The molecule has 0 aliphatic heterocycles. The van der Waals surface area contributed by atoms with Crippen molar-refractivity contribution in [3.8, 4) is 0 Å². The lowest BCUT2D eigenvalue weighted by Gasteiger charge is -2.18. The summed E-state index contributed by atoms with van der Waals surface area (Å²) in [5.41, 5.74) is 0. The lowest BCUT2D eigenvalue weighted by Crippen LogP contribution is -2.30. The molecule has 0 N–H and O–H groups in total. The molecule has 0 saturated carbocycles. The number of carbonyl (C=O) groups excluding carboxylic acids is 3. The molecule has 0 aliphatic rings. The zero-order valence-corrected chi connectivity index (χ0v) is 46.3. The van der Waals surface area contributed by atoms with Crippen LogP contribution >= 0.6 is 0 Å². The number of unbranched alkanes of at least 4 members (excludes halogenated alkanes) is 40. The Morgan fingerprint density at radius 1 is 0.290 bits per heavy atom. The van der Waals surface area contributed by atoms with Crippen molar-refractivity contribution in [2.24, 2.45) is 0 Å². The Morgan fingerprint density at radius 3 is 0.826 bits per heavy atom. The van der Waals surface area contributed by atoms with Crippen LogP contribution in [0.4, 0.5) is 0 Å². The zero-order chi connectivity index (χ0) is 50.0. The van der Waals surface area contributed by atoms with Gasteiger partial charge in [-0.3, -0.25) is 14.4 Å². The minimum absolute atomic E-state index is 0.0758. The highest BCUT2D eigenvalue weighted by atomic mass is 16.6.